The van der Waals surface area contributed by atoms with Crippen LogP contribution >= 0.6 is 0 Å². The number of nitrogens with zero attached hydrogens (tertiary/aromatic N) is 2. The van der Waals surface area contributed by atoms with Crippen LogP contribution in [0.2, 0.25) is 0 Å². The lowest BCUT2D eigenvalue weighted by Crippen LogP contribution is -2.17. The van der Waals surface area contributed by atoms with Crippen LogP contribution < -0.4 is 10.9 Å². The highest BCUT2D eigenvalue weighted by molar-refractivity contribution is 5.95. The van der Waals surface area contributed by atoms with Crippen molar-refractivity contribution in [3.8, 4) is 0 Å². The van der Waals surface area contributed by atoms with E-state index in [9.17, 15) is 14.4 Å². The van der Waals surface area contributed by atoms with Crippen LogP contribution in [0.3, 0.4) is 0 Å². The van der Waals surface area contributed by atoms with Crippen molar-refractivity contribution in [3.05, 3.63) is 101 Å². The molecule has 0 aliphatic carbocycles. The summed E-state index contributed by atoms with van der Waals surface area (Å²) in [5.41, 5.74) is 8.84. The van der Waals surface area contributed by atoms with Crippen molar-refractivity contribution in [2.24, 2.45) is 10.2 Å². The van der Waals surface area contributed by atoms with Crippen LogP contribution in [0.5, 0.6) is 0 Å². The van der Waals surface area contributed by atoms with E-state index in [0.29, 0.717) is 27.9 Å². The normalized spacial score (nSPS) is 10.8. The molecular weight excluding hydrogens is 436 g/mol. The smallest absolute Gasteiger partial charge is 0.337 e. The largest absolute Gasteiger partial charge is 0.465 e. The van der Waals surface area contributed by atoms with Gasteiger partial charge in [0.05, 0.1) is 43.5 Å². The topological polar surface area (TPSA) is 118 Å². The van der Waals surface area contributed by atoms with E-state index < -0.39 is 11.9 Å². The Labute approximate surface area is 196 Å². The van der Waals surface area contributed by atoms with Crippen molar-refractivity contribution in [1.82, 2.24) is 5.43 Å². The third kappa shape index (κ3) is 6.60. The molecule has 0 heterocycles. The Morgan fingerprint density at radius 1 is 0.647 bits per heavy atom. The maximum atomic E-state index is 12.3. The van der Waals surface area contributed by atoms with E-state index in [1.165, 1.54) is 20.4 Å². The number of anilines is 1. The van der Waals surface area contributed by atoms with Gasteiger partial charge in [-0.1, -0.05) is 24.3 Å². The van der Waals surface area contributed by atoms with E-state index in [4.69, 9.17) is 0 Å². The van der Waals surface area contributed by atoms with Crippen molar-refractivity contribution in [2.75, 3.05) is 19.6 Å². The summed E-state index contributed by atoms with van der Waals surface area (Å²) in [4.78, 5) is 35.1. The van der Waals surface area contributed by atoms with Gasteiger partial charge in [-0.15, -0.1) is 0 Å². The van der Waals surface area contributed by atoms with Crippen molar-refractivity contribution in [2.45, 2.75) is 0 Å². The molecule has 9 nitrogen and oxygen atoms in total. The maximum absolute atomic E-state index is 12.3. The molecule has 3 aromatic carbocycles. The molecule has 0 aromatic heterocycles. The average Bonchev–Trinajstić information content (AvgIpc) is 2.89. The molecule has 0 saturated carbocycles. The number of amides is 1. The summed E-state index contributed by atoms with van der Waals surface area (Å²) in [5, 5.41) is 8.07. The van der Waals surface area contributed by atoms with Gasteiger partial charge in [0.1, 0.15) is 0 Å². The van der Waals surface area contributed by atoms with Gasteiger partial charge in [0.15, 0.2) is 0 Å². The van der Waals surface area contributed by atoms with Crippen LogP contribution in [0.15, 0.2) is 83.0 Å². The second-order valence-electron chi connectivity index (χ2n) is 6.87. The second-order valence-corrected chi connectivity index (χ2v) is 6.87. The maximum Gasteiger partial charge on any atom is 0.337 e. The number of hydrazone groups is 2. The number of rotatable bonds is 8. The Bertz CT molecular complexity index is 1200. The van der Waals surface area contributed by atoms with Crippen molar-refractivity contribution in [1.29, 1.82) is 0 Å². The standard InChI is InChI=1S/C25H22N4O5/c1-33-24(31)20-7-3-17(4-8-20)15-26-28-22-13-11-19(12-14-22)23(30)29-27-16-18-5-9-21(10-6-18)25(32)34-2/h3-16,28H,1-2H3,(H,29,30)/b26-15-,27-16-. The van der Waals surface area contributed by atoms with Gasteiger partial charge in [-0.05, 0) is 59.7 Å². The summed E-state index contributed by atoms with van der Waals surface area (Å²) >= 11 is 0. The fourth-order valence-electron chi connectivity index (χ4n) is 2.75. The Hall–Kier alpha value is -4.79. The number of methoxy groups -OCH3 is 2. The van der Waals surface area contributed by atoms with Gasteiger partial charge in [0.25, 0.3) is 5.91 Å². The molecule has 0 radical (unpaired) electrons. The second kappa shape index (κ2) is 11.7. The first-order chi connectivity index (χ1) is 16.5. The average molecular weight is 458 g/mol. The minimum Gasteiger partial charge on any atom is -0.465 e. The number of ether oxygens (including phenoxy) is 2. The summed E-state index contributed by atoms with van der Waals surface area (Å²) < 4.78 is 9.31. The number of hydrogen-bond donors (Lipinski definition) is 2. The molecule has 0 unspecified atom stereocenters. The lowest BCUT2D eigenvalue weighted by molar-refractivity contribution is 0.0592. The Morgan fingerprint density at radius 2 is 1.09 bits per heavy atom. The molecule has 0 fully saturated rings. The third-order valence-electron chi connectivity index (χ3n) is 4.60. The van der Waals surface area contributed by atoms with Gasteiger partial charge in [0, 0.05) is 5.56 Å². The molecule has 2 N–H and O–H groups in total. The molecule has 9 heteroatoms. The van der Waals surface area contributed by atoms with Gasteiger partial charge in [-0.25, -0.2) is 15.0 Å². The third-order valence-corrected chi connectivity index (χ3v) is 4.60. The lowest BCUT2D eigenvalue weighted by Gasteiger charge is -2.03. The minimum absolute atomic E-state index is 0.372. The van der Waals surface area contributed by atoms with E-state index >= 15 is 0 Å². The quantitative estimate of drug-likeness (QED) is 0.303. The molecule has 3 aromatic rings. The number of nitrogens with one attached hydrogen (secondary N) is 2. The minimum atomic E-state index is -0.422. The first-order valence-electron chi connectivity index (χ1n) is 10.1. The summed E-state index contributed by atoms with van der Waals surface area (Å²) in [6.07, 6.45) is 3.08. The van der Waals surface area contributed by atoms with Crippen LogP contribution in [0.1, 0.15) is 42.2 Å². The molecule has 0 aliphatic rings. The van der Waals surface area contributed by atoms with Crippen molar-refractivity contribution >= 4 is 36.0 Å². The van der Waals surface area contributed by atoms with Gasteiger partial charge in [-0.2, -0.15) is 10.2 Å². The fourth-order valence-corrected chi connectivity index (χ4v) is 2.75. The first kappa shape index (κ1) is 23.9. The van der Waals surface area contributed by atoms with Gasteiger partial charge in [0.2, 0.25) is 0 Å². The zero-order valence-corrected chi connectivity index (χ0v) is 18.5. The number of hydrogen-bond acceptors (Lipinski definition) is 8. The molecular formula is C25H22N4O5. The van der Waals surface area contributed by atoms with Crippen LogP contribution in [0, 0.1) is 0 Å². The predicted molar refractivity (Wildman–Crippen MR) is 128 cm³/mol. The fraction of sp³-hybridized carbons (Fsp3) is 0.0800. The molecule has 0 saturated heterocycles. The van der Waals surface area contributed by atoms with E-state index in [0.717, 1.165) is 5.56 Å². The first-order valence-corrected chi connectivity index (χ1v) is 10.1. The Kier molecular flexibility index (Phi) is 8.23. The van der Waals surface area contributed by atoms with E-state index in [-0.39, 0.29) is 5.91 Å². The van der Waals surface area contributed by atoms with Crippen LogP contribution in [-0.4, -0.2) is 44.5 Å². The Balaban J connectivity index is 1.50. The number of benzene rings is 3. The van der Waals surface area contributed by atoms with Gasteiger partial charge in [-0.3, -0.25) is 10.2 Å². The number of esters is 2. The molecule has 0 atom stereocenters. The van der Waals surface area contributed by atoms with Gasteiger partial charge < -0.3 is 9.47 Å². The summed E-state index contributed by atoms with van der Waals surface area (Å²) in [6.45, 7) is 0. The molecule has 3 rings (SSSR count). The SMILES string of the molecule is COC(=O)c1ccc(/C=N\NC(=O)c2ccc(N/N=C\c3ccc(C(=O)OC)cc3)cc2)cc1. The predicted octanol–water partition coefficient (Wildman–Crippen LogP) is 3.47. The number of carbonyl (C=O) groups is 3. The highest BCUT2D eigenvalue weighted by Gasteiger charge is 2.06. The lowest BCUT2D eigenvalue weighted by atomic mass is 10.1. The molecule has 172 valence electrons. The van der Waals surface area contributed by atoms with E-state index in [2.05, 4.69) is 30.5 Å². The Morgan fingerprint density at radius 3 is 1.56 bits per heavy atom. The zero-order chi connectivity index (χ0) is 24.3. The van der Waals surface area contributed by atoms with Gasteiger partial charge >= 0.3 is 11.9 Å². The zero-order valence-electron chi connectivity index (χ0n) is 18.5. The highest BCUT2D eigenvalue weighted by atomic mass is 16.5. The van der Waals surface area contributed by atoms with Crippen LogP contribution in [-0.2, 0) is 9.47 Å². The summed E-state index contributed by atoms with van der Waals surface area (Å²) in [5.74, 6) is -1.19. The molecule has 0 aliphatic heterocycles. The molecule has 1 amide bonds. The molecule has 0 bridgehead atoms. The van der Waals surface area contributed by atoms with E-state index in [1.54, 1.807) is 79.0 Å². The van der Waals surface area contributed by atoms with Crippen molar-refractivity contribution in [3.63, 3.8) is 0 Å². The van der Waals surface area contributed by atoms with E-state index in [1.807, 2.05) is 0 Å². The van der Waals surface area contributed by atoms with Crippen LogP contribution in [0.4, 0.5) is 5.69 Å². The highest BCUT2D eigenvalue weighted by Crippen LogP contribution is 2.10. The molecule has 34 heavy (non-hydrogen) atoms. The number of carbonyl (C=O) groups excluding carboxylic acids is 3. The van der Waals surface area contributed by atoms with Crippen LogP contribution in [0.25, 0.3) is 0 Å². The monoisotopic (exact) mass is 458 g/mol. The molecule has 0 spiro atoms. The van der Waals surface area contributed by atoms with Crippen molar-refractivity contribution < 1.29 is 23.9 Å². The summed E-state index contributed by atoms with van der Waals surface area (Å²) in [6, 6.07) is 20.1. The summed E-state index contributed by atoms with van der Waals surface area (Å²) in [7, 11) is 2.65.